The number of amides is 1. The Kier molecular flexibility index (Phi) is 5.03. The number of nitrogens with zero attached hydrogens (tertiary/aromatic N) is 2. The Labute approximate surface area is 185 Å². The summed E-state index contributed by atoms with van der Waals surface area (Å²) < 4.78 is 0. The Hall–Kier alpha value is -4.19. The van der Waals surface area contributed by atoms with Crippen LogP contribution < -0.4 is 11.3 Å². The van der Waals surface area contributed by atoms with E-state index in [1.807, 2.05) is 35.2 Å². The normalized spacial score (nSPS) is 13.8. The lowest BCUT2D eigenvalue weighted by atomic mass is 9.96. The van der Waals surface area contributed by atoms with Crippen LogP contribution in [0.4, 0.5) is 5.82 Å². The molecule has 0 atom stereocenters. The molecule has 3 N–H and O–H groups in total. The fourth-order valence-corrected chi connectivity index (χ4v) is 4.08. The number of carbonyl (C=O) groups excluding carboxylic acids is 1. The number of fused-ring (bicyclic) bond motifs is 1. The molecule has 1 aliphatic rings. The molecule has 0 fully saturated rings. The third-order valence-corrected chi connectivity index (χ3v) is 5.91. The number of nitrogen functional groups attached to an aromatic ring is 1. The summed E-state index contributed by atoms with van der Waals surface area (Å²) in [4.78, 5) is 32.9. The van der Waals surface area contributed by atoms with Gasteiger partial charge in [-0.25, -0.2) is 4.98 Å². The fraction of sp³-hybridized carbons (Fsp3) is 0.115. The second-order valence-corrected chi connectivity index (χ2v) is 7.88. The van der Waals surface area contributed by atoms with E-state index >= 15 is 0 Å². The van der Waals surface area contributed by atoms with Crippen LogP contribution in [0.1, 0.15) is 22.3 Å². The van der Waals surface area contributed by atoms with Crippen LogP contribution in [0.3, 0.4) is 0 Å². The van der Waals surface area contributed by atoms with Gasteiger partial charge in [-0.1, -0.05) is 30.3 Å². The third kappa shape index (κ3) is 3.78. The van der Waals surface area contributed by atoms with Crippen molar-refractivity contribution in [2.45, 2.75) is 6.42 Å². The molecule has 1 amide bonds. The van der Waals surface area contributed by atoms with Crippen molar-refractivity contribution in [1.29, 1.82) is 0 Å². The maximum atomic E-state index is 13.0. The molecule has 2 aromatic heterocycles. The van der Waals surface area contributed by atoms with E-state index in [0.29, 0.717) is 24.5 Å². The van der Waals surface area contributed by atoms with Gasteiger partial charge in [0, 0.05) is 42.5 Å². The Morgan fingerprint density at radius 3 is 2.47 bits per heavy atom. The van der Waals surface area contributed by atoms with E-state index in [1.165, 1.54) is 11.6 Å². The third-order valence-electron chi connectivity index (χ3n) is 5.91. The minimum absolute atomic E-state index is 0.0141. The van der Waals surface area contributed by atoms with Gasteiger partial charge in [0.1, 0.15) is 5.82 Å². The summed E-state index contributed by atoms with van der Waals surface area (Å²) in [6.45, 7) is 1.23. The number of hydrogen-bond donors (Lipinski definition) is 2. The summed E-state index contributed by atoms with van der Waals surface area (Å²) in [5, 5.41) is 2.02. The Morgan fingerprint density at radius 2 is 1.75 bits per heavy atom. The first-order valence-electron chi connectivity index (χ1n) is 10.5. The number of nitrogens with one attached hydrogen (secondary N) is 1. The maximum absolute atomic E-state index is 13.0. The smallest absolute Gasteiger partial charge is 0.254 e. The molecule has 0 radical (unpaired) electrons. The number of anilines is 1. The Balaban J connectivity index is 1.31. The number of hydrogen-bond acceptors (Lipinski definition) is 4. The maximum Gasteiger partial charge on any atom is 0.254 e. The lowest BCUT2D eigenvalue weighted by Gasteiger charge is -2.27. The number of benzene rings is 2. The van der Waals surface area contributed by atoms with Gasteiger partial charge in [-0.2, -0.15) is 0 Å². The molecule has 158 valence electrons. The number of pyridine rings is 2. The summed E-state index contributed by atoms with van der Waals surface area (Å²) >= 11 is 0. The first kappa shape index (κ1) is 19.8. The molecule has 0 bridgehead atoms. The van der Waals surface area contributed by atoms with Crippen molar-refractivity contribution >= 4 is 28.1 Å². The van der Waals surface area contributed by atoms with Gasteiger partial charge in [0.25, 0.3) is 5.91 Å². The minimum Gasteiger partial charge on any atom is -0.383 e. The van der Waals surface area contributed by atoms with E-state index in [0.717, 1.165) is 33.9 Å². The standard InChI is InChI=1S/C26H22N4O2/c27-25-23-15-21(6-3-19(23)9-12-28-25)18-10-13-30(14-11-18)26(32)20-4-1-17(2-5-20)22-7-8-24(31)29-16-22/h1-10,12,15-16H,11,13-14H2,(H2,27,28)(H,29,31). The van der Waals surface area contributed by atoms with Crippen LogP contribution in [-0.2, 0) is 0 Å². The highest BCUT2D eigenvalue weighted by Gasteiger charge is 2.19. The summed E-state index contributed by atoms with van der Waals surface area (Å²) in [6, 6.07) is 18.9. The number of nitrogens with two attached hydrogens (primary N) is 1. The highest BCUT2D eigenvalue weighted by molar-refractivity contribution is 5.96. The molecule has 32 heavy (non-hydrogen) atoms. The predicted octanol–water partition coefficient (Wildman–Crippen LogP) is 4.10. The van der Waals surface area contributed by atoms with Crippen molar-refractivity contribution in [3.63, 3.8) is 0 Å². The quantitative estimate of drug-likeness (QED) is 0.520. The number of carbonyl (C=O) groups is 1. The second-order valence-electron chi connectivity index (χ2n) is 7.88. The van der Waals surface area contributed by atoms with Crippen LogP contribution in [0, 0.1) is 0 Å². The summed E-state index contributed by atoms with van der Waals surface area (Å²) in [5.41, 5.74) is 10.7. The minimum atomic E-state index is -0.137. The molecule has 6 nitrogen and oxygen atoms in total. The average molecular weight is 422 g/mol. The van der Waals surface area contributed by atoms with Crippen LogP contribution in [0.5, 0.6) is 0 Å². The predicted molar refractivity (Wildman–Crippen MR) is 127 cm³/mol. The van der Waals surface area contributed by atoms with Gasteiger partial charge >= 0.3 is 0 Å². The lowest BCUT2D eigenvalue weighted by Crippen LogP contribution is -2.34. The SMILES string of the molecule is Nc1nccc2ccc(C3=CCN(C(=O)c4ccc(-c5ccc(=O)[nH]c5)cc4)CC3)cc12. The molecular formula is C26H22N4O2. The van der Waals surface area contributed by atoms with Gasteiger partial charge in [-0.05, 0) is 64.4 Å². The topological polar surface area (TPSA) is 92.1 Å². The molecule has 0 saturated carbocycles. The monoisotopic (exact) mass is 422 g/mol. The van der Waals surface area contributed by atoms with Crippen molar-refractivity contribution in [2.24, 2.45) is 0 Å². The van der Waals surface area contributed by atoms with Crippen LogP contribution in [-0.4, -0.2) is 33.9 Å². The summed E-state index contributed by atoms with van der Waals surface area (Å²) in [5.74, 6) is 0.545. The van der Waals surface area contributed by atoms with Crippen LogP contribution in [0.15, 0.2) is 83.9 Å². The molecule has 3 heterocycles. The number of aromatic nitrogens is 2. The number of aromatic amines is 1. The Bertz CT molecular complexity index is 1380. The molecule has 4 aromatic rings. The average Bonchev–Trinajstić information content (AvgIpc) is 2.84. The molecule has 0 unspecified atom stereocenters. The first-order chi connectivity index (χ1) is 15.6. The van der Waals surface area contributed by atoms with E-state index in [2.05, 4.69) is 34.2 Å². The van der Waals surface area contributed by atoms with Gasteiger partial charge in [0.05, 0.1) is 0 Å². The molecule has 6 heteroatoms. The van der Waals surface area contributed by atoms with Gasteiger partial charge in [-0.3, -0.25) is 9.59 Å². The van der Waals surface area contributed by atoms with Gasteiger partial charge in [0.2, 0.25) is 5.56 Å². The van der Waals surface area contributed by atoms with Gasteiger partial charge < -0.3 is 15.6 Å². The molecule has 1 aliphatic heterocycles. The molecule has 0 aliphatic carbocycles. The molecule has 0 saturated heterocycles. The Morgan fingerprint density at radius 1 is 0.969 bits per heavy atom. The zero-order valence-corrected chi connectivity index (χ0v) is 17.4. The molecule has 2 aromatic carbocycles. The van der Waals surface area contributed by atoms with Crippen molar-refractivity contribution < 1.29 is 4.79 Å². The molecular weight excluding hydrogens is 400 g/mol. The summed E-state index contributed by atoms with van der Waals surface area (Å²) in [7, 11) is 0. The molecule has 5 rings (SSSR count). The van der Waals surface area contributed by atoms with Crippen molar-refractivity contribution in [3.05, 3.63) is 101 Å². The zero-order valence-electron chi connectivity index (χ0n) is 17.4. The van der Waals surface area contributed by atoms with Crippen LogP contribution in [0.25, 0.3) is 27.5 Å². The second kappa shape index (κ2) is 8.15. The van der Waals surface area contributed by atoms with E-state index in [1.54, 1.807) is 18.5 Å². The van der Waals surface area contributed by atoms with Crippen molar-refractivity contribution in [1.82, 2.24) is 14.9 Å². The molecule has 0 spiro atoms. The fourth-order valence-electron chi connectivity index (χ4n) is 4.08. The number of H-pyrrole nitrogens is 1. The van der Waals surface area contributed by atoms with E-state index in [-0.39, 0.29) is 11.5 Å². The van der Waals surface area contributed by atoms with E-state index < -0.39 is 0 Å². The van der Waals surface area contributed by atoms with Gasteiger partial charge in [-0.15, -0.1) is 0 Å². The van der Waals surface area contributed by atoms with Crippen LogP contribution in [0.2, 0.25) is 0 Å². The van der Waals surface area contributed by atoms with Crippen molar-refractivity contribution in [3.8, 4) is 11.1 Å². The van der Waals surface area contributed by atoms with E-state index in [9.17, 15) is 9.59 Å². The summed E-state index contributed by atoms with van der Waals surface area (Å²) in [6.07, 6.45) is 6.29. The number of rotatable bonds is 3. The highest BCUT2D eigenvalue weighted by Crippen LogP contribution is 2.28. The van der Waals surface area contributed by atoms with Crippen LogP contribution >= 0.6 is 0 Å². The highest BCUT2D eigenvalue weighted by atomic mass is 16.2. The zero-order chi connectivity index (χ0) is 22.1. The largest absolute Gasteiger partial charge is 0.383 e. The van der Waals surface area contributed by atoms with E-state index in [4.69, 9.17) is 5.73 Å². The van der Waals surface area contributed by atoms with Gasteiger partial charge in [0.15, 0.2) is 0 Å². The first-order valence-corrected chi connectivity index (χ1v) is 10.5. The lowest BCUT2D eigenvalue weighted by molar-refractivity contribution is 0.0773. The van der Waals surface area contributed by atoms with Crippen molar-refractivity contribution in [2.75, 3.05) is 18.8 Å².